The molecule has 0 atom stereocenters. The largest absolute Gasteiger partial charge is 0.509 e. The molecule has 0 aliphatic carbocycles. The van der Waals surface area contributed by atoms with E-state index in [1.54, 1.807) is 38.1 Å². The normalized spacial score (nSPS) is 14.8. The van der Waals surface area contributed by atoms with Crippen LogP contribution >= 0.6 is 0 Å². The summed E-state index contributed by atoms with van der Waals surface area (Å²) in [6.45, 7) is 13.3. The predicted octanol–water partition coefficient (Wildman–Crippen LogP) is 18.4. The third kappa shape index (κ3) is 9.59. The monoisotopic (exact) mass is 1150 g/mol. The van der Waals surface area contributed by atoms with Gasteiger partial charge in [-0.1, -0.05) is 176 Å². The first-order valence-corrected chi connectivity index (χ1v) is 25.0. The summed E-state index contributed by atoms with van der Waals surface area (Å²) >= 11 is 0. The summed E-state index contributed by atoms with van der Waals surface area (Å²) in [6, 6.07) is 61.8. The number of nitrogens with zero attached hydrogens (tertiary/aromatic N) is 4. The van der Waals surface area contributed by atoms with Gasteiger partial charge in [0.2, 0.25) is 0 Å². The van der Waals surface area contributed by atoms with Crippen molar-refractivity contribution in [3.8, 4) is 50.7 Å². The average Bonchev–Trinajstić information content (AvgIpc) is 2.48. The topological polar surface area (TPSA) is 33.5 Å². The third-order valence-corrected chi connectivity index (χ3v) is 13.7. The zero-order chi connectivity index (χ0) is 57.6. The summed E-state index contributed by atoms with van der Waals surface area (Å²) in [7, 11) is 0. The van der Waals surface area contributed by atoms with Crippen LogP contribution in [-0.4, -0.2) is 9.55 Å². The summed E-state index contributed by atoms with van der Waals surface area (Å²) in [4.78, 5) is 9.15. The number of benzene rings is 8. The van der Waals surface area contributed by atoms with Gasteiger partial charge in [0, 0.05) is 83.4 Å². The molecule has 8 aromatic carbocycles. The smallest absolute Gasteiger partial charge is 0.135 e. The van der Waals surface area contributed by atoms with Crippen molar-refractivity contribution in [2.45, 2.75) is 86.3 Å². The molecule has 0 radical (unpaired) electrons. The Balaban J connectivity index is 0.00000753. The zero-order valence-corrected chi connectivity index (χ0v) is 45.2. The average molecular weight is 1160 g/mol. The molecular weight excluding hydrogens is 1080 g/mol. The SMILES string of the molecule is [2H]C([2H])([2H])c1cc(-c2cccc(-c3ccc(C(C)(C)C)cc3)c2N2[CH-]N(c3[c-]c(Oc4[c-]c5c(cc4)c4ccccc4n5-c4ccc(C(C)(C)C)cn4)ccc3)c3ccccc32)ccc1-c1ccc(C([2H])([2H])C(C)C)cc1C([2H])([2H])[2H].[Pt]. The molecule has 3 heterocycles. The van der Waals surface area contributed by atoms with Gasteiger partial charge >= 0.3 is 0 Å². The second-order valence-corrected chi connectivity index (χ2v) is 21.3. The number of fused-ring (bicyclic) bond motifs is 4. The van der Waals surface area contributed by atoms with E-state index in [0.717, 1.165) is 66.9 Å². The Kier molecular flexibility index (Phi) is 11.1. The molecule has 11 rings (SSSR count). The number of rotatable bonds is 10. The van der Waals surface area contributed by atoms with Gasteiger partial charge in [0.15, 0.2) is 0 Å². The van der Waals surface area contributed by atoms with Gasteiger partial charge in [-0.25, -0.2) is 4.98 Å². The molecule has 10 aromatic rings. The van der Waals surface area contributed by atoms with E-state index in [9.17, 15) is 0 Å². The van der Waals surface area contributed by atoms with Crippen molar-refractivity contribution in [1.29, 1.82) is 0 Å². The van der Waals surface area contributed by atoms with Gasteiger partial charge in [-0.3, -0.25) is 0 Å². The molecule has 0 unspecified atom stereocenters. The molecule has 374 valence electrons. The minimum Gasteiger partial charge on any atom is -0.509 e. The summed E-state index contributed by atoms with van der Waals surface area (Å²) < 4.78 is 79.0. The summed E-state index contributed by atoms with van der Waals surface area (Å²) in [5.74, 6) is 1.34. The van der Waals surface area contributed by atoms with Crippen molar-refractivity contribution < 1.29 is 36.8 Å². The van der Waals surface area contributed by atoms with Gasteiger partial charge < -0.3 is 19.1 Å². The van der Waals surface area contributed by atoms with Gasteiger partial charge in [-0.05, 0) is 117 Å². The van der Waals surface area contributed by atoms with Gasteiger partial charge in [0.05, 0.1) is 0 Å². The van der Waals surface area contributed by atoms with Crippen LogP contribution in [0.15, 0.2) is 176 Å². The molecule has 1 aliphatic heterocycles. The number of aryl methyl sites for hydroxylation is 2. The molecule has 0 saturated carbocycles. The molecule has 0 spiro atoms. The van der Waals surface area contributed by atoms with Crippen LogP contribution in [-0.2, 0) is 38.3 Å². The van der Waals surface area contributed by atoms with Gasteiger partial charge in [0.1, 0.15) is 5.82 Å². The number of pyridine rings is 1. The maximum Gasteiger partial charge on any atom is 0.135 e. The van der Waals surface area contributed by atoms with Crippen molar-refractivity contribution in [1.82, 2.24) is 9.55 Å². The van der Waals surface area contributed by atoms with Crippen LogP contribution in [0.1, 0.15) is 94.2 Å². The van der Waals surface area contributed by atoms with Crippen molar-refractivity contribution in [3.05, 3.63) is 223 Å². The number of aromatic nitrogens is 2. The first kappa shape index (κ1) is 41.2. The predicted molar refractivity (Wildman–Crippen MR) is 306 cm³/mol. The first-order chi connectivity index (χ1) is 38.3. The molecule has 0 bridgehead atoms. The van der Waals surface area contributed by atoms with E-state index in [4.69, 9.17) is 20.7 Å². The third-order valence-electron chi connectivity index (χ3n) is 13.7. The van der Waals surface area contributed by atoms with Crippen LogP contribution in [0.3, 0.4) is 0 Å². The van der Waals surface area contributed by atoms with E-state index < -0.39 is 26.0 Å². The van der Waals surface area contributed by atoms with Gasteiger partial charge in [-0.2, -0.15) is 12.1 Å². The van der Waals surface area contributed by atoms with Crippen LogP contribution in [0.4, 0.5) is 22.7 Å². The molecule has 6 heteroatoms. The Morgan fingerprint density at radius 1 is 0.595 bits per heavy atom. The Bertz CT molecular complexity index is 4020. The van der Waals surface area contributed by atoms with E-state index in [2.05, 4.69) is 141 Å². The summed E-state index contributed by atoms with van der Waals surface area (Å²) in [5, 5.41) is 2.11. The Morgan fingerprint density at radius 2 is 1.23 bits per heavy atom. The maximum atomic E-state index is 8.94. The van der Waals surface area contributed by atoms with E-state index in [0.29, 0.717) is 22.7 Å². The van der Waals surface area contributed by atoms with E-state index in [1.165, 1.54) is 11.6 Å². The van der Waals surface area contributed by atoms with Crippen molar-refractivity contribution in [2.75, 3.05) is 9.80 Å². The fourth-order valence-electron chi connectivity index (χ4n) is 9.94. The van der Waals surface area contributed by atoms with E-state index >= 15 is 0 Å². The number of anilines is 4. The maximum absolute atomic E-state index is 8.94. The molecule has 1 aliphatic rings. The number of hydrogen-bond donors (Lipinski definition) is 0. The summed E-state index contributed by atoms with van der Waals surface area (Å²) in [5.41, 5.74) is 11.0. The van der Waals surface area contributed by atoms with Gasteiger partial charge in [0.25, 0.3) is 0 Å². The minimum absolute atomic E-state index is 0. The molecule has 2 aromatic heterocycles. The second-order valence-electron chi connectivity index (χ2n) is 21.3. The first-order valence-electron chi connectivity index (χ1n) is 29.0. The number of hydrogen-bond acceptors (Lipinski definition) is 4. The van der Waals surface area contributed by atoms with Crippen LogP contribution < -0.4 is 14.5 Å². The van der Waals surface area contributed by atoms with Crippen LogP contribution in [0, 0.1) is 38.4 Å². The van der Waals surface area contributed by atoms with Crippen molar-refractivity contribution in [3.63, 3.8) is 0 Å². The Labute approximate surface area is 464 Å². The Morgan fingerprint density at radius 3 is 1.93 bits per heavy atom. The molecule has 0 fully saturated rings. The molecule has 5 nitrogen and oxygen atoms in total. The molecule has 74 heavy (non-hydrogen) atoms. The van der Waals surface area contributed by atoms with E-state index in [1.807, 2.05) is 79.6 Å². The summed E-state index contributed by atoms with van der Waals surface area (Å²) in [6.07, 6.45) is 0.124. The molecule has 0 saturated heterocycles. The molecule has 0 amide bonds. The standard InChI is InChI=1S/C68H63N4O.Pt/c1-44(2)37-47-25-33-55(45(3)38-47)56-34-28-49(39-46(56)4)58-21-16-20-57(48-26-29-50(30-27-48)67(5,6)7)66(58)71-43-70(62-23-13-14-24-63(62)71)52-17-15-18-53(40-52)73-54-32-35-60-59-19-11-12-22-61(59)72(64(60)41-54)65-36-31-51(42-69-65)68(8,9)10;/h11-36,38-39,42-44H,37H2,1-10H3;/q-3;/i3D3,4D3,37D2;. The fraction of sp³-hybridized carbons (Fsp3) is 0.206. The minimum atomic E-state index is -2.67. The van der Waals surface area contributed by atoms with Crippen molar-refractivity contribution in [2.24, 2.45) is 5.92 Å². The van der Waals surface area contributed by atoms with E-state index in [-0.39, 0.29) is 59.7 Å². The number of para-hydroxylation sites is 4. The Hall–Kier alpha value is -7.20. The number of ether oxygens (including phenoxy) is 1. The second kappa shape index (κ2) is 19.9. The van der Waals surface area contributed by atoms with Crippen molar-refractivity contribution >= 4 is 44.6 Å². The molecular formula is C68H63N4OPt-3. The van der Waals surface area contributed by atoms with Crippen LogP contribution in [0.5, 0.6) is 11.5 Å². The quantitative estimate of drug-likeness (QED) is 0.128. The molecule has 0 N–H and O–H groups in total. The van der Waals surface area contributed by atoms with Gasteiger partial charge in [-0.15, -0.1) is 48.1 Å². The fourth-order valence-corrected chi connectivity index (χ4v) is 9.94. The van der Waals surface area contributed by atoms with Crippen LogP contribution in [0.25, 0.3) is 61.0 Å². The zero-order valence-electron chi connectivity index (χ0n) is 50.9. The van der Waals surface area contributed by atoms with Crippen LogP contribution in [0.2, 0.25) is 0 Å².